The molecule has 0 fully saturated rings. The van der Waals surface area contributed by atoms with Crippen molar-refractivity contribution in [3.8, 4) is 11.1 Å². The van der Waals surface area contributed by atoms with Gasteiger partial charge in [0.1, 0.15) is 0 Å². The number of benzene rings is 3. The van der Waals surface area contributed by atoms with Crippen LogP contribution in [0.1, 0.15) is 26.5 Å². The zero-order valence-electron chi connectivity index (χ0n) is 16.7. The zero-order chi connectivity index (χ0) is 21.2. The lowest BCUT2D eigenvalue weighted by atomic mass is 10.1. The molecule has 0 spiro atoms. The number of carbonyl (C=O) groups excluding carboxylic acids is 2. The minimum atomic E-state index is -0.337. The van der Waals surface area contributed by atoms with Gasteiger partial charge in [0, 0.05) is 29.0 Å². The molecule has 0 atom stereocenters. The Labute approximate surface area is 179 Å². The summed E-state index contributed by atoms with van der Waals surface area (Å²) in [4.78, 5) is 27.5. The Morgan fingerprint density at radius 2 is 1.58 bits per heavy atom. The predicted molar refractivity (Wildman–Crippen MR) is 120 cm³/mol. The van der Waals surface area contributed by atoms with Crippen molar-refractivity contribution >= 4 is 23.2 Å². The molecule has 1 aliphatic rings. The molecule has 1 aliphatic heterocycles. The topological polar surface area (TPSA) is 62.6 Å². The molecule has 3 aromatic carbocycles. The lowest BCUT2D eigenvalue weighted by Gasteiger charge is -2.17. The number of anilines is 2. The van der Waals surface area contributed by atoms with Crippen LogP contribution in [0.3, 0.4) is 0 Å². The molecule has 31 heavy (non-hydrogen) atoms. The highest BCUT2D eigenvalue weighted by molar-refractivity contribution is 6.09. The summed E-state index contributed by atoms with van der Waals surface area (Å²) >= 11 is 0. The van der Waals surface area contributed by atoms with E-state index < -0.39 is 0 Å². The van der Waals surface area contributed by atoms with E-state index in [9.17, 15) is 9.59 Å². The molecule has 4 aromatic rings. The lowest BCUT2D eigenvalue weighted by Crippen LogP contribution is -2.28. The summed E-state index contributed by atoms with van der Waals surface area (Å²) < 4.78 is 5.44. The normalized spacial score (nSPS) is 12.5. The molecule has 5 heteroatoms. The van der Waals surface area contributed by atoms with Gasteiger partial charge in [-0.2, -0.15) is 0 Å². The van der Waals surface area contributed by atoms with Crippen molar-refractivity contribution < 1.29 is 14.0 Å². The summed E-state index contributed by atoms with van der Waals surface area (Å²) in [6, 6.07) is 26.3. The monoisotopic (exact) mass is 408 g/mol. The van der Waals surface area contributed by atoms with Crippen molar-refractivity contribution in [2.45, 2.75) is 6.42 Å². The fourth-order valence-corrected chi connectivity index (χ4v) is 3.92. The molecule has 1 N–H and O–H groups in total. The standard InChI is InChI=1S/C26H20N2O3/c29-25(24-22(15-17-31-24)18-6-2-1-3-7-18)27-21-12-10-20(11-13-21)26(30)28-16-14-19-8-4-5-9-23(19)28/h1-13,15,17H,14,16H2,(H,27,29). The average molecular weight is 408 g/mol. The average Bonchev–Trinajstić information content (AvgIpc) is 3.47. The van der Waals surface area contributed by atoms with Gasteiger partial charge < -0.3 is 14.6 Å². The molecule has 0 unspecified atom stereocenters. The number of amides is 2. The summed E-state index contributed by atoms with van der Waals surface area (Å²) in [5, 5.41) is 2.85. The first-order chi connectivity index (χ1) is 15.2. The Kier molecular flexibility index (Phi) is 4.84. The maximum atomic E-state index is 13.0. The van der Waals surface area contributed by atoms with Gasteiger partial charge in [0.25, 0.3) is 11.8 Å². The molecule has 2 heterocycles. The number of fused-ring (bicyclic) bond motifs is 1. The first kappa shape index (κ1) is 18.9. The van der Waals surface area contributed by atoms with Crippen molar-refractivity contribution in [1.29, 1.82) is 0 Å². The molecule has 0 radical (unpaired) electrons. The van der Waals surface area contributed by atoms with E-state index in [0.29, 0.717) is 17.8 Å². The largest absolute Gasteiger partial charge is 0.459 e. The lowest BCUT2D eigenvalue weighted by molar-refractivity contribution is 0.0986. The molecule has 0 aliphatic carbocycles. The first-order valence-electron chi connectivity index (χ1n) is 10.1. The SMILES string of the molecule is O=C(Nc1ccc(C(=O)N2CCc3ccccc32)cc1)c1occc1-c1ccccc1. The van der Waals surface area contributed by atoms with Crippen LogP contribution in [0.25, 0.3) is 11.1 Å². The highest BCUT2D eigenvalue weighted by Crippen LogP contribution is 2.29. The van der Waals surface area contributed by atoms with Gasteiger partial charge in [-0.25, -0.2) is 0 Å². The van der Waals surface area contributed by atoms with Gasteiger partial charge in [0.2, 0.25) is 0 Å². The van der Waals surface area contributed by atoms with Crippen molar-refractivity contribution in [2.75, 3.05) is 16.8 Å². The highest BCUT2D eigenvalue weighted by atomic mass is 16.3. The number of hydrogen-bond donors (Lipinski definition) is 1. The Bertz CT molecular complexity index is 1240. The molecule has 0 saturated heterocycles. The van der Waals surface area contributed by atoms with Gasteiger partial charge in [-0.05, 0) is 53.9 Å². The van der Waals surface area contributed by atoms with E-state index in [1.807, 2.05) is 48.5 Å². The smallest absolute Gasteiger partial charge is 0.292 e. The Balaban J connectivity index is 1.31. The summed E-state index contributed by atoms with van der Waals surface area (Å²) in [5.41, 5.74) is 4.98. The van der Waals surface area contributed by atoms with Crippen molar-refractivity contribution in [1.82, 2.24) is 0 Å². The van der Waals surface area contributed by atoms with Gasteiger partial charge >= 0.3 is 0 Å². The third-order valence-corrected chi connectivity index (χ3v) is 5.48. The van der Waals surface area contributed by atoms with Gasteiger partial charge in [-0.15, -0.1) is 0 Å². The highest BCUT2D eigenvalue weighted by Gasteiger charge is 2.25. The molecule has 0 saturated carbocycles. The predicted octanol–water partition coefficient (Wildman–Crippen LogP) is 5.40. The molecule has 5 nitrogen and oxygen atoms in total. The van der Waals surface area contributed by atoms with Gasteiger partial charge in [-0.3, -0.25) is 9.59 Å². The molecular formula is C26H20N2O3. The van der Waals surface area contributed by atoms with Crippen LogP contribution in [0.15, 0.2) is 95.6 Å². The van der Waals surface area contributed by atoms with Crippen molar-refractivity contribution in [3.63, 3.8) is 0 Å². The quantitative estimate of drug-likeness (QED) is 0.492. The van der Waals surface area contributed by atoms with E-state index in [0.717, 1.165) is 23.2 Å². The molecule has 2 amide bonds. The van der Waals surface area contributed by atoms with E-state index >= 15 is 0 Å². The fourth-order valence-electron chi connectivity index (χ4n) is 3.92. The number of carbonyl (C=O) groups is 2. The number of nitrogens with one attached hydrogen (secondary N) is 1. The third kappa shape index (κ3) is 3.62. The number of nitrogens with zero attached hydrogens (tertiary/aromatic N) is 1. The molecule has 1 aromatic heterocycles. The molecular weight excluding hydrogens is 388 g/mol. The van der Waals surface area contributed by atoms with Crippen LogP contribution in [0, 0.1) is 0 Å². The van der Waals surface area contributed by atoms with Crippen LogP contribution in [0.2, 0.25) is 0 Å². The van der Waals surface area contributed by atoms with Gasteiger partial charge in [-0.1, -0.05) is 48.5 Å². The second-order valence-electron chi connectivity index (χ2n) is 7.40. The van der Waals surface area contributed by atoms with Gasteiger partial charge in [0.15, 0.2) is 5.76 Å². The molecule has 152 valence electrons. The number of hydrogen-bond acceptors (Lipinski definition) is 3. The number of para-hydroxylation sites is 1. The molecule has 0 bridgehead atoms. The second-order valence-corrected chi connectivity index (χ2v) is 7.40. The third-order valence-electron chi connectivity index (χ3n) is 5.48. The van der Waals surface area contributed by atoms with Crippen LogP contribution in [0.5, 0.6) is 0 Å². The van der Waals surface area contributed by atoms with Crippen LogP contribution in [0.4, 0.5) is 11.4 Å². The first-order valence-corrected chi connectivity index (χ1v) is 10.1. The van der Waals surface area contributed by atoms with E-state index in [1.165, 1.54) is 11.8 Å². The Morgan fingerprint density at radius 1 is 0.839 bits per heavy atom. The summed E-state index contributed by atoms with van der Waals surface area (Å²) in [7, 11) is 0. The van der Waals surface area contributed by atoms with Crippen LogP contribution in [-0.4, -0.2) is 18.4 Å². The van der Waals surface area contributed by atoms with Crippen LogP contribution in [-0.2, 0) is 6.42 Å². The minimum absolute atomic E-state index is 0.0415. The maximum Gasteiger partial charge on any atom is 0.292 e. The number of rotatable bonds is 4. The van der Waals surface area contributed by atoms with Crippen LogP contribution < -0.4 is 10.2 Å². The maximum absolute atomic E-state index is 13.0. The van der Waals surface area contributed by atoms with Crippen molar-refractivity contribution in [3.05, 3.63) is 108 Å². The van der Waals surface area contributed by atoms with E-state index in [1.54, 1.807) is 35.2 Å². The summed E-state index contributed by atoms with van der Waals surface area (Å²) in [5.74, 6) is -0.128. The number of furan rings is 1. The van der Waals surface area contributed by atoms with E-state index in [4.69, 9.17) is 4.42 Å². The Morgan fingerprint density at radius 3 is 2.39 bits per heavy atom. The molecule has 5 rings (SSSR count). The van der Waals surface area contributed by atoms with Crippen molar-refractivity contribution in [2.24, 2.45) is 0 Å². The van der Waals surface area contributed by atoms with Crippen LogP contribution >= 0.6 is 0 Å². The zero-order valence-corrected chi connectivity index (χ0v) is 16.7. The minimum Gasteiger partial charge on any atom is -0.459 e. The van der Waals surface area contributed by atoms with E-state index in [2.05, 4.69) is 11.4 Å². The Hall–Kier alpha value is -4.12. The second kappa shape index (κ2) is 7.95. The summed E-state index contributed by atoms with van der Waals surface area (Å²) in [6.45, 7) is 0.678. The van der Waals surface area contributed by atoms with E-state index in [-0.39, 0.29) is 17.6 Å². The fraction of sp³-hybridized carbons (Fsp3) is 0.0769. The summed E-state index contributed by atoms with van der Waals surface area (Å²) in [6.07, 6.45) is 2.37. The van der Waals surface area contributed by atoms with Gasteiger partial charge in [0.05, 0.1) is 6.26 Å².